The van der Waals surface area contributed by atoms with Crippen molar-refractivity contribution in [2.75, 3.05) is 0 Å². The number of rotatable bonds is 3. The van der Waals surface area contributed by atoms with E-state index < -0.39 is 0 Å². The predicted octanol–water partition coefficient (Wildman–Crippen LogP) is 3.88. The van der Waals surface area contributed by atoms with Crippen molar-refractivity contribution in [1.82, 2.24) is 4.98 Å². The zero-order chi connectivity index (χ0) is 11.5. The standard InChI is InChI=1S/C11H7Cl2NOS/c12-10-3-1-7(6-14-10)9(15)5-8-2-4-11(13)16-8/h1-4,6H,5H2. The van der Waals surface area contributed by atoms with Crippen LogP contribution in [0.5, 0.6) is 0 Å². The molecule has 0 aliphatic rings. The minimum absolute atomic E-state index is 0.0164. The van der Waals surface area contributed by atoms with Gasteiger partial charge < -0.3 is 0 Å². The lowest BCUT2D eigenvalue weighted by Gasteiger charge is -1.98. The maximum Gasteiger partial charge on any atom is 0.169 e. The largest absolute Gasteiger partial charge is 0.294 e. The highest BCUT2D eigenvalue weighted by atomic mass is 35.5. The molecule has 0 aliphatic carbocycles. The molecule has 0 bridgehead atoms. The molecule has 0 atom stereocenters. The van der Waals surface area contributed by atoms with E-state index in [9.17, 15) is 4.79 Å². The average Bonchev–Trinajstić information content (AvgIpc) is 2.65. The Morgan fingerprint density at radius 2 is 2.06 bits per heavy atom. The Bertz CT molecular complexity index is 507. The molecule has 0 unspecified atom stereocenters. The van der Waals surface area contributed by atoms with Crippen molar-refractivity contribution in [3.63, 3.8) is 0 Å². The second-order valence-corrected chi connectivity index (χ2v) is 5.36. The predicted molar refractivity (Wildman–Crippen MR) is 66.6 cm³/mol. The molecule has 0 aromatic carbocycles. The number of halogens is 2. The molecule has 0 spiro atoms. The van der Waals surface area contributed by atoms with Crippen molar-refractivity contribution in [3.8, 4) is 0 Å². The van der Waals surface area contributed by atoms with Crippen LogP contribution in [0.3, 0.4) is 0 Å². The van der Waals surface area contributed by atoms with E-state index in [0.29, 0.717) is 21.5 Å². The summed E-state index contributed by atoms with van der Waals surface area (Å²) in [4.78, 5) is 16.6. The molecule has 2 aromatic rings. The highest BCUT2D eigenvalue weighted by molar-refractivity contribution is 7.16. The van der Waals surface area contributed by atoms with Gasteiger partial charge in [-0.2, -0.15) is 0 Å². The topological polar surface area (TPSA) is 30.0 Å². The van der Waals surface area contributed by atoms with Gasteiger partial charge in [-0.3, -0.25) is 4.79 Å². The van der Waals surface area contributed by atoms with Crippen LogP contribution in [-0.2, 0) is 6.42 Å². The highest BCUT2D eigenvalue weighted by Crippen LogP contribution is 2.22. The smallest absolute Gasteiger partial charge is 0.169 e. The molecule has 0 radical (unpaired) electrons. The maximum atomic E-state index is 11.8. The van der Waals surface area contributed by atoms with Gasteiger partial charge in [-0.05, 0) is 24.3 Å². The third-order valence-corrected chi connectivity index (χ3v) is 3.47. The molecule has 16 heavy (non-hydrogen) atoms. The Morgan fingerprint density at radius 3 is 2.62 bits per heavy atom. The molecule has 2 heterocycles. The van der Waals surface area contributed by atoms with Gasteiger partial charge in [0.15, 0.2) is 5.78 Å². The van der Waals surface area contributed by atoms with Crippen molar-refractivity contribution in [2.24, 2.45) is 0 Å². The molecule has 0 aliphatic heterocycles. The highest BCUT2D eigenvalue weighted by Gasteiger charge is 2.09. The number of pyridine rings is 1. The first-order valence-corrected chi connectivity index (χ1v) is 6.11. The molecule has 2 aromatic heterocycles. The van der Waals surface area contributed by atoms with Crippen LogP contribution in [0.2, 0.25) is 9.49 Å². The third-order valence-electron chi connectivity index (χ3n) is 2.01. The van der Waals surface area contributed by atoms with Crippen molar-refractivity contribution in [2.45, 2.75) is 6.42 Å². The van der Waals surface area contributed by atoms with E-state index in [1.165, 1.54) is 17.5 Å². The summed E-state index contributed by atoms with van der Waals surface area (Å²) in [6.45, 7) is 0. The number of aromatic nitrogens is 1. The Balaban J connectivity index is 2.11. The first kappa shape index (κ1) is 11.6. The van der Waals surface area contributed by atoms with E-state index >= 15 is 0 Å². The number of hydrogen-bond donors (Lipinski definition) is 0. The summed E-state index contributed by atoms with van der Waals surface area (Å²) < 4.78 is 0.692. The van der Waals surface area contributed by atoms with Crippen LogP contribution in [-0.4, -0.2) is 10.8 Å². The summed E-state index contributed by atoms with van der Waals surface area (Å²) in [5, 5.41) is 0.385. The van der Waals surface area contributed by atoms with Crippen LogP contribution in [0.1, 0.15) is 15.2 Å². The summed E-state index contributed by atoms with van der Waals surface area (Å²) in [6, 6.07) is 6.92. The molecule has 0 saturated heterocycles. The van der Waals surface area contributed by atoms with Gasteiger partial charge in [-0.15, -0.1) is 11.3 Å². The summed E-state index contributed by atoms with van der Waals surface area (Å²) >= 11 is 12.8. The van der Waals surface area contributed by atoms with Gasteiger partial charge in [-0.1, -0.05) is 23.2 Å². The molecule has 0 amide bonds. The SMILES string of the molecule is O=C(Cc1ccc(Cl)s1)c1ccc(Cl)nc1. The number of nitrogens with zero attached hydrogens (tertiary/aromatic N) is 1. The number of ketones is 1. The van der Waals surface area contributed by atoms with E-state index in [1.54, 1.807) is 18.2 Å². The van der Waals surface area contributed by atoms with Gasteiger partial charge in [0.1, 0.15) is 5.15 Å². The van der Waals surface area contributed by atoms with Gasteiger partial charge in [0.2, 0.25) is 0 Å². The lowest BCUT2D eigenvalue weighted by molar-refractivity contribution is 0.0993. The molecule has 2 nitrogen and oxygen atoms in total. The number of thiophene rings is 1. The molecule has 0 saturated carbocycles. The van der Waals surface area contributed by atoms with Gasteiger partial charge in [-0.25, -0.2) is 4.98 Å². The zero-order valence-electron chi connectivity index (χ0n) is 8.11. The number of Topliss-reactive ketones (excluding diaryl/α,β-unsaturated/α-hetero) is 1. The van der Waals surface area contributed by atoms with Crippen LogP contribution >= 0.6 is 34.5 Å². The average molecular weight is 272 g/mol. The maximum absolute atomic E-state index is 11.8. The molecular formula is C11H7Cl2NOS. The van der Waals surface area contributed by atoms with Crippen LogP contribution in [0.25, 0.3) is 0 Å². The Kier molecular flexibility index (Phi) is 3.59. The fourth-order valence-corrected chi connectivity index (χ4v) is 2.45. The lowest BCUT2D eigenvalue weighted by Crippen LogP contribution is -2.02. The van der Waals surface area contributed by atoms with Crippen LogP contribution < -0.4 is 0 Å². The monoisotopic (exact) mass is 271 g/mol. The van der Waals surface area contributed by atoms with Gasteiger partial charge in [0.25, 0.3) is 0 Å². The van der Waals surface area contributed by atoms with E-state index in [0.717, 1.165) is 4.88 Å². The van der Waals surface area contributed by atoms with Crippen molar-refractivity contribution < 1.29 is 4.79 Å². The summed E-state index contributed by atoms with van der Waals surface area (Å²) in [5.74, 6) is 0.0164. The van der Waals surface area contributed by atoms with Gasteiger partial charge in [0.05, 0.1) is 4.34 Å². The van der Waals surface area contributed by atoms with E-state index in [4.69, 9.17) is 23.2 Å². The minimum atomic E-state index is 0.0164. The Morgan fingerprint density at radius 1 is 1.25 bits per heavy atom. The van der Waals surface area contributed by atoms with Crippen LogP contribution in [0, 0.1) is 0 Å². The molecule has 82 valence electrons. The van der Waals surface area contributed by atoms with Crippen molar-refractivity contribution in [1.29, 1.82) is 0 Å². The molecule has 2 rings (SSSR count). The summed E-state index contributed by atoms with van der Waals surface area (Å²) in [6.07, 6.45) is 1.83. The van der Waals surface area contributed by atoms with E-state index in [2.05, 4.69) is 4.98 Å². The fraction of sp³-hybridized carbons (Fsp3) is 0.0909. The molecule has 0 N–H and O–H groups in total. The van der Waals surface area contributed by atoms with Crippen molar-refractivity contribution in [3.05, 3.63) is 50.4 Å². The number of hydrogen-bond acceptors (Lipinski definition) is 3. The normalized spacial score (nSPS) is 10.4. The zero-order valence-corrected chi connectivity index (χ0v) is 10.4. The number of carbonyl (C=O) groups is 1. The fourth-order valence-electron chi connectivity index (χ4n) is 1.25. The molecular weight excluding hydrogens is 265 g/mol. The summed E-state index contributed by atoms with van der Waals surface area (Å²) in [7, 11) is 0. The van der Waals surface area contributed by atoms with Crippen LogP contribution in [0.4, 0.5) is 0 Å². The first-order valence-electron chi connectivity index (χ1n) is 4.54. The van der Waals surface area contributed by atoms with Gasteiger partial charge in [0, 0.05) is 23.1 Å². The number of carbonyl (C=O) groups excluding carboxylic acids is 1. The Labute approximate surface area is 107 Å². The van der Waals surface area contributed by atoms with E-state index in [-0.39, 0.29) is 5.78 Å². The summed E-state index contributed by atoms with van der Waals surface area (Å²) in [5.41, 5.74) is 0.564. The Hall–Kier alpha value is -0.900. The molecule has 0 fully saturated rings. The lowest BCUT2D eigenvalue weighted by atomic mass is 10.1. The van der Waals surface area contributed by atoms with Crippen LogP contribution in [0.15, 0.2) is 30.5 Å². The second-order valence-electron chi connectivity index (χ2n) is 3.18. The second kappa shape index (κ2) is 4.95. The van der Waals surface area contributed by atoms with E-state index in [1.807, 2.05) is 6.07 Å². The van der Waals surface area contributed by atoms with Gasteiger partial charge >= 0.3 is 0 Å². The minimum Gasteiger partial charge on any atom is -0.294 e. The quantitative estimate of drug-likeness (QED) is 0.627. The third kappa shape index (κ3) is 2.82. The molecule has 5 heteroatoms. The first-order chi connectivity index (χ1) is 7.65. The van der Waals surface area contributed by atoms with Crippen molar-refractivity contribution >= 4 is 40.3 Å².